The quantitative estimate of drug-likeness (QED) is 0.209. The molecule has 206 valence electrons. The Morgan fingerprint density at radius 3 is 1.82 bits per heavy atom. The molecule has 4 heteroatoms. The zero-order valence-electron chi connectivity index (χ0n) is 23.7. The van der Waals surface area contributed by atoms with Crippen LogP contribution in [0.25, 0.3) is 45.2 Å². The lowest BCUT2D eigenvalue weighted by atomic mass is 9.67. The van der Waals surface area contributed by atoms with Gasteiger partial charge in [-0.15, -0.1) is 0 Å². The first-order chi connectivity index (χ1) is 21.8. The number of fused-ring (bicyclic) bond motifs is 9. The van der Waals surface area contributed by atoms with E-state index in [4.69, 9.17) is 9.97 Å². The van der Waals surface area contributed by atoms with Crippen molar-refractivity contribution < 1.29 is 0 Å². The van der Waals surface area contributed by atoms with E-state index >= 15 is 0 Å². The molecule has 2 aromatic heterocycles. The molecule has 0 N–H and O–H groups in total. The Kier molecular flexibility index (Phi) is 5.65. The fourth-order valence-electron chi connectivity index (χ4n) is 6.97. The summed E-state index contributed by atoms with van der Waals surface area (Å²) in [5, 5.41) is 0. The van der Waals surface area contributed by atoms with Crippen molar-refractivity contribution in [3.8, 4) is 45.2 Å². The Bertz CT molecular complexity index is 2110. The van der Waals surface area contributed by atoms with Gasteiger partial charge in [-0.3, -0.25) is 4.98 Å². The molecule has 9 rings (SSSR count). The Morgan fingerprint density at radius 2 is 1.07 bits per heavy atom. The van der Waals surface area contributed by atoms with Gasteiger partial charge in [-0.25, -0.2) is 9.97 Å². The highest BCUT2D eigenvalue weighted by molar-refractivity contribution is 7.99. The molecule has 5 aromatic carbocycles. The molecule has 0 unspecified atom stereocenters. The monoisotopic (exact) mass is 579 g/mol. The number of aromatic nitrogens is 3. The van der Waals surface area contributed by atoms with Crippen molar-refractivity contribution in [1.82, 2.24) is 15.0 Å². The van der Waals surface area contributed by atoms with Crippen molar-refractivity contribution in [2.75, 3.05) is 0 Å². The Balaban J connectivity index is 1.32. The summed E-state index contributed by atoms with van der Waals surface area (Å²) < 4.78 is 0. The SMILES string of the molecule is c1ccc(-c2cc(-c3ccccn3)nc(-c3ccc4c(c3)C3(c5ccccc5S4)c4ccccc4-c4ccccc43)n2)cc1. The van der Waals surface area contributed by atoms with Crippen molar-refractivity contribution in [1.29, 1.82) is 0 Å². The van der Waals surface area contributed by atoms with E-state index in [2.05, 4.69) is 108 Å². The van der Waals surface area contributed by atoms with Crippen molar-refractivity contribution in [2.24, 2.45) is 0 Å². The van der Waals surface area contributed by atoms with Crippen LogP contribution in [0.4, 0.5) is 0 Å². The molecule has 0 saturated carbocycles. The standard InChI is InChI=1S/C40H25N3S/c1-2-12-26(13-3-1)35-25-36(34-19-10-11-23-41-34)43-39(42-35)27-21-22-38-33(24-27)40(32-18-8-9-20-37(32)44-38)30-16-6-4-14-28(30)29-15-5-7-17-31(29)40/h1-25H. The van der Waals surface area contributed by atoms with Crippen LogP contribution in [0.3, 0.4) is 0 Å². The molecule has 1 aliphatic carbocycles. The lowest BCUT2D eigenvalue weighted by Crippen LogP contribution is -2.32. The van der Waals surface area contributed by atoms with Gasteiger partial charge in [0.2, 0.25) is 0 Å². The first kappa shape index (κ1) is 25.2. The number of benzene rings is 5. The van der Waals surface area contributed by atoms with E-state index in [1.807, 2.05) is 60.4 Å². The van der Waals surface area contributed by atoms with Crippen molar-refractivity contribution >= 4 is 11.8 Å². The van der Waals surface area contributed by atoms with Gasteiger partial charge in [-0.1, -0.05) is 121 Å². The minimum Gasteiger partial charge on any atom is -0.255 e. The van der Waals surface area contributed by atoms with E-state index in [1.54, 1.807) is 0 Å². The maximum Gasteiger partial charge on any atom is 0.160 e. The first-order valence-corrected chi connectivity index (χ1v) is 15.6. The third-order valence-corrected chi connectivity index (χ3v) is 9.98. The smallest absolute Gasteiger partial charge is 0.160 e. The molecule has 0 bridgehead atoms. The van der Waals surface area contributed by atoms with Crippen molar-refractivity contribution in [3.63, 3.8) is 0 Å². The van der Waals surface area contributed by atoms with Gasteiger partial charge in [0.1, 0.15) is 0 Å². The lowest BCUT2D eigenvalue weighted by molar-refractivity contribution is 0.722. The van der Waals surface area contributed by atoms with Crippen LogP contribution in [-0.2, 0) is 5.41 Å². The van der Waals surface area contributed by atoms with Gasteiger partial charge in [0.15, 0.2) is 5.82 Å². The second-order valence-corrected chi connectivity index (χ2v) is 12.3. The molecule has 2 aliphatic rings. The maximum absolute atomic E-state index is 5.15. The van der Waals surface area contributed by atoms with Crippen LogP contribution < -0.4 is 0 Å². The van der Waals surface area contributed by atoms with Crippen LogP contribution in [-0.4, -0.2) is 15.0 Å². The zero-order valence-corrected chi connectivity index (χ0v) is 24.5. The van der Waals surface area contributed by atoms with Gasteiger partial charge in [-0.2, -0.15) is 0 Å². The molecule has 1 spiro atoms. The van der Waals surface area contributed by atoms with Crippen LogP contribution in [0.1, 0.15) is 22.3 Å². The van der Waals surface area contributed by atoms with E-state index in [-0.39, 0.29) is 0 Å². The number of pyridine rings is 1. The van der Waals surface area contributed by atoms with Gasteiger partial charge in [0.05, 0.1) is 22.5 Å². The maximum atomic E-state index is 5.15. The van der Waals surface area contributed by atoms with Crippen LogP contribution >= 0.6 is 11.8 Å². The fourth-order valence-corrected chi connectivity index (χ4v) is 8.15. The average molecular weight is 580 g/mol. The largest absolute Gasteiger partial charge is 0.255 e. The minimum absolute atomic E-state index is 0.443. The summed E-state index contributed by atoms with van der Waals surface area (Å²) in [4.78, 5) is 17.4. The predicted molar refractivity (Wildman–Crippen MR) is 178 cm³/mol. The molecular formula is C40H25N3S. The molecule has 0 saturated heterocycles. The number of hydrogen-bond donors (Lipinski definition) is 0. The van der Waals surface area contributed by atoms with Gasteiger partial charge in [0.25, 0.3) is 0 Å². The van der Waals surface area contributed by atoms with Gasteiger partial charge in [0, 0.05) is 27.1 Å². The Hall–Kier alpha value is -5.32. The summed E-state index contributed by atoms with van der Waals surface area (Å²) in [6.45, 7) is 0. The van der Waals surface area contributed by atoms with Crippen LogP contribution in [0.5, 0.6) is 0 Å². The van der Waals surface area contributed by atoms with E-state index in [1.165, 1.54) is 43.2 Å². The first-order valence-electron chi connectivity index (χ1n) is 14.8. The summed E-state index contributed by atoms with van der Waals surface area (Å²) >= 11 is 1.85. The second kappa shape index (κ2) is 9.87. The topological polar surface area (TPSA) is 38.7 Å². The van der Waals surface area contributed by atoms with Crippen molar-refractivity contribution in [2.45, 2.75) is 15.2 Å². The molecule has 1 aliphatic heterocycles. The number of hydrogen-bond acceptors (Lipinski definition) is 4. The van der Waals surface area contributed by atoms with Crippen molar-refractivity contribution in [3.05, 3.63) is 174 Å². The molecule has 3 heterocycles. The Labute approximate surface area is 260 Å². The van der Waals surface area contributed by atoms with E-state index < -0.39 is 5.41 Å². The summed E-state index contributed by atoms with van der Waals surface area (Å²) in [7, 11) is 0. The minimum atomic E-state index is -0.443. The second-order valence-electron chi connectivity index (χ2n) is 11.2. The predicted octanol–water partition coefficient (Wildman–Crippen LogP) is 9.70. The molecule has 0 amide bonds. The van der Waals surface area contributed by atoms with E-state index in [0.717, 1.165) is 28.2 Å². The van der Waals surface area contributed by atoms with E-state index in [9.17, 15) is 0 Å². The molecule has 44 heavy (non-hydrogen) atoms. The molecular weight excluding hydrogens is 555 g/mol. The average Bonchev–Trinajstić information content (AvgIpc) is 3.40. The third kappa shape index (κ3) is 3.68. The highest BCUT2D eigenvalue weighted by atomic mass is 32.2. The normalized spacial score (nSPS) is 13.5. The number of rotatable bonds is 3. The van der Waals surface area contributed by atoms with Crippen LogP contribution in [0.15, 0.2) is 162 Å². The summed E-state index contributed by atoms with van der Waals surface area (Å²) in [6, 6.07) is 51.7. The van der Waals surface area contributed by atoms with E-state index in [0.29, 0.717) is 5.82 Å². The fraction of sp³-hybridized carbons (Fsp3) is 0.0250. The molecule has 0 fully saturated rings. The summed E-state index contributed by atoms with van der Waals surface area (Å²) in [5.74, 6) is 0.688. The van der Waals surface area contributed by atoms with Crippen LogP contribution in [0, 0.1) is 0 Å². The summed E-state index contributed by atoms with van der Waals surface area (Å²) in [5.41, 5.74) is 11.9. The molecule has 0 radical (unpaired) electrons. The van der Waals surface area contributed by atoms with Crippen LogP contribution in [0.2, 0.25) is 0 Å². The zero-order chi connectivity index (χ0) is 29.1. The third-order valence-electron chi connectivity index (χ3n) is 8.83. The molecule has 3 nitrogen and oxygen atoms in total. The Morgan fingerprint density at radius 1 is 0.432 bits per heavy atom. The van der Waals surface area contributed by atoms with Gasteiger partial charge >= 0.3 is 0 Å². The number of nitrogens with zero attached hydrogens (tertiary/aromatic N) is 3. The summed E-state index contributed by atoms with van der Waals surface area (Å²) in [6.07, 6.45) is 1.81. The molecule has 7 aromatic rings. The highest BCUT2D eigenvalue weighted by Gasteiger charge is 2.50. The highest BCUT2D eigenvalue weighted by Crippen LogP contribution is 2.62. The lowest BCUT2D eigenvalue weighted by Gasteiger charge is -2.39. The molecule has 0 atom stereocenters. The van der Waals surface area contributed by atoms with Gasteiger partial charge < -0.3 is 0 Å². The van der Waals surface area contributed by atoms with Gasteiger partial charge in [-0.05, 0) is 69.8 Å².